The monoisotopic (exact) mass is 245 g/mol. The molecule has 1 N–H and O–H groups in total. The molecule has 3 heteroatoms. The molecule has 0 aliphatic heterocycles. The highest BCUT2D eigenvalue weighted by Gasteiger charge is 2.14. The molecule has 0 fully saturated rings. The maximum Gasteiger partial charge on any atom is 0.126 e. The quantitative estimate of drug-likeness (QED) is 0.782. The van der Waals surface area contributed by atoms with Crippen LogP contribution in [0.1, 0.15) is 25.1 Å². The Balaban J connectivity index is 2.15. The lowest BCUT2D eigenvalue weighted by molar-refractivity contribution is 0.477. The Morgan fingerprint density at radius 3 is 2.61 bits per heavy atom. The van der Waals surface area contributed by atoms with Crippen molar-refractivity contribution in [1.82, 2.24) is 0 Å². The second kappa shape index (κ2) is 5.54. The van der Waals surface area contributed by atoms with Crippen molar-refractivity contribution >= 4 is 5.69 Å². The summed E-state index contributed by atoms with van der Waals surface area (Å²) in [4.78, 5) is 0. The summed E-state index contributed by atoms with van der Waals surface area (Å²) in [5, 5.41) is 3.32. The first-order valence-electron chi connectivity index (χ1n) is 5.85. The second-order valence-electron chi connectivity index (χ2n) is 4.38. The minimum Gasteiger partial charge on any atom is -0.467 e. The van der Waals surface area contributed by atoms with Gasteiger partial charge in [-0.2, -0.15) is 0 Å². The van der Waals surface area contributed by atoms with Crippen LogP contribution in [0.2, 0.25) is 0 Å². The molecule has 0 aliphatic carbocycles. The molecule has 2 rings (SSSR count). The molecule has 0 radical (unpaired) electrons. The predicted octanol–water partition coefficient (Wildman–Crippen LogP) is 4.54. The first-order valence-corrected chi connectivity index (χ1v) is 5.85. The number of halogens is 1. The number of furan rings is 1. The van der Waals surface area contributed by atoms with Gasteiger partial charge in [-0.25, -0.2) is 4.39 Å². The van der Waals surface area contributed by atoms with Crippen LogP contribution in [0.3, 0.4) is 0 Å². The van der Waals surface area contributed by atoms with E-state index in [1.165, 1.54) is 12.1 Å². The molecule has 0 bridgehead atoms. The van der Waals surface area contributed by atoms with E-state index in [-0.39, 0.29) is 11.9 Å². The van der Waals surface area contributed by atoms with E-state index in [0.29, 0.717) is 0 Å². The van der Waals surface area contributed by atoms with Gasteiger partial charge in [0.25, 0.3) is 0 Å². The second-order valence-corrected chi connectivity index (χ2v) is 4.38. The Labute approximate surface area is 106 Å². The lowest BCUT2D eigenvalue weighted by Gasteiger charge is -2.18. The molecule has 18 heavy (non-hydrogen) atoms. The van der Waals surface area contributed by atoms with Crippen LogP contribution in [0.25, 0.3) is 0 Å². The van der Waals surface area contributed by atoms with Gasteiger partial charge in [0.05, 0.1) is 12.3 Å². The van der Waals surface area contributed by atoms with Crippen LogP contribution in [0, 0.1) is 5.82 Å². The van der Waals surface area contributed by atoms with Crippen LogP contribution in [0.15, 0.2) is 59.2 Å². The Hall–Kier alpha value is -2.03. The largest absolute Gasteiger partial charge is 0.467 e. The molecular weight excluding hydrogens is 229 g/mol. The van der Waals surface area contributed by atoms with Gasteiger partial charge < -0.3 is 9.73 Å². The summed E-state index contributed by atoms with van der Waals surface area (Å²) >= 11 is 0. The first kappa shape index (κ1) is 12.4. The fraction of sp³-hybridized carbons (Fsp3) is 0.200. The van der Waals surface area contributed by atoms with Gasteiger partial charge in [0.15, 0.2) is 0 Å². The summed E-state index contributed by atoms with van der Waals surface area (Å²) in [6.07, 6.45) is 2.41. The van der Waals surface area contributed by atoms with Crippen LogP contribution in [0.5, 0.6) is 0 Å². The molecule has 0 amide bonds. The summed E-state index contributed by atoms with van der Waals surface area (Å²) in [7, 11) is 0. The number of hydrogen-bond donors (Lipinski definition) is 1. The van der Waals surface area contributed by atoms with Crippen molar-refractivity contribution in [2.45, 2.75) is 19.4 Å². The van der Waals surface area contributed by atoms with E-state index >= 15 is 0 Å². The maximum atomic E-state index is 12.8. The Kier molecular flexibility index (Phi) is 3.82. The molecule has 0 aliphatic rings. The lowest BCUT2D eigenvalue weighted by Crippen LogP contribution is -2.10. The SMILES string of the molecule is C=C(C)C[C@@H](Nc1ccc(F)cc1)c1ccco1. The van der Waals surface area contributed by atoms with Crippen molar-refractivity contribution in [3.05, 3.63) is 66.4 Å². The number of rotatable bonds is 5. The highest BCUT2D eigenvalue weighted by Crippen LogP contribution is 2.25. The van der Waals surface area contributed by atoms with E-state index in [1.807, 2.05) is 19.1 Å². The zero-order valence-corrected chi connectivity index (χ0v) is 10.3. The summed E-state index contributed by atoms with van der Waals surface area (Å²) < 4.78 is 18.3. The van der Waals surface area contributed by atoms with Gasteiger partial charge in [-0.05, 0) is 49.7 Å². The van der Waals surface area contributed by atoms with Crippen LogP contribution in [0.4, 0.5) is 10.1 Å². The molecular formula is C15H16FNO. The molecule has 1 heterocycles. The van der Waals surface area contributed by atoms with Crippen molar-refractivity contribution < 1.29 is 8.81 Å². The molecule has 1 aromatic heterocycles. The van der Waals surface area contributed by atoms with Crippen molar-refractivity contribution in [1.29, 1.82) is 0 Å². The highest BCUT2D eigenvalue weighted by atomic mass is 19.1. The fourth-order valence-electron chi connectivity index (χ4n) is 1.81. The number of hydrogen-bond acceptors (Lipinski definition) is 2. The average Bonchev–Trinajstić information content (AvgIpc) is 2.84. The minimum absolute atomic E-state index is 0.0166. The van der Waals surface area contributed by atoms with Crippen molar-refractivity contribution in [2.24, 2.45) is 0 Å². The third kappa shape index (κ3) is 3.23. The smallest absolute Gasteiger partial charge is 0.126 e. The van der Waals surface area contributed by atoms with E-state index < -0.39 is 0 Å². The molecule has 2 nitrogen and oxygen atoms in total. The third-order valence-electron chi connectivity index (χ3n) is 2.62. The molecule has 94 valence electrons. The highest BCUT2D eigenvalue weighted by molar-refractivity contribution is 5.45. The van der Waals surface area contributed by atoms with Gasteiger partial charge in [0, 0.05) is 5.69 Å². The molecule has 1 atom stereocenters. The summed E-state index contributed by atoms with van der Waals surface area (Å²) in [5.74, 6) is 0.609. The van der Waals surface area contributed by atoms with E-state index in [9.17, 15) is 4.39 Å². The minimum atomic E-state index is -0.241. The van der Waals surface area contributed by atoms with Gasteiger partial charge in [0.1, 0.15) is 11.6 Å². The number of anilines is 1. The van der Waals surface area contributed by atoms with Gasteiger partial charge in [-0.1, -0.05) is 5.57 Å². The molecule has 1 aromatic carbocycles. The van der Waals surface area contributed by atoms with Crippen LogP contribution >= 0.6 is 0 Å². The number of benzene rings is 1. The zero-order valence-electron chi connectivity index (χ0n) is 10.3. The molecule has 0 unspecified atom stereocenters. The lowest BCUT2D eigenvalue weighted by atomic mass is 10.1. The Morgan fingerprint density at radius 2 is 2.06 bits per heavy atom. The normalized spacial score (nSPS) is 12.1. The van der Waals surface area contributed by atoms with Crippen molar-refractivity contribution in [2.75, 3.05) is 5.32 Å². The predicted molar refractivity (Wildman–Crippen MR) is 70.9 cm³/mol. The topological polar surface area (TPSA) is 25.2 Å². The average molecular weight is 245 g/mol. The zero-order chi connectivity index (χ0) is 13.0. The van der Waals surface area contributed by atoms with Crippen LogP contribution in [-0.4, -0.2) is 0 Å². The summed E-state index contributed by atoms with van der Waals surface area (Å²) in [6, 6.07) is 10.1. The first-order chi connectivity index (χ1) is 8.65. The van der Waals surface area contributed by atoms with Gasteiger partial charge in [-0.15, -0.1) is 6.58 Å². The van der Waals surface area contributed by atoms with Gasteiger partial charge >= 0.3 is 0 Å². The number of nitrogens with one attached hydrogen (secondary N) is 1. The molecule has 0 saturated carbocycles. The standard InChI is InChI=1S/C15H16FNO/c1-11(2)10-14(15-4-3-9-18-15)17-13-7-5-12(16)6-8-13/h3-9,14,17H,1,10H2,2H3/t14-/m1/s1. The molecule has 0 saturated heterocycles. The van der Waals surface area contributed by atoms with Gasteiger partial charge in [-0.3, -0.25) is 0 Å². The van der Waals surface area contributed by atoms with Crippen molar-refractivity contribution in [3.8, 4) is 0 Å². The summed E-state index contributed by atoms with van der Waals surface area (Å²) in [5.41, 5.74) is 1.92. The van der Waals surface area contributed by atoms with E-state index in [2.05, 4.69) is 11.9 Å². The van der Waals surface area contributed by atoms with Crippen LogP contribution in [-0.2, 0) is 0 Å². The molecule has 0 spiro atoms. The maximum absolute atomic E-state index is 12.8. The fourth-order valence-corrected chi connectivity index (χ4v) is 1.81. The van der Waals surface area contributed by atoms with E-state index in [0.717, 1.165) is 23.4 Å². The van der Waals surface area contributed by atoms with Crippen molar-refractivity contribution in [3.63, 3.8) is 0 Å². The Morgan fingerprint density at radius 1 is 1.33 bits per heavy atom. The van der Waals surface area contributed by atoms with E-state index in [4.69, 9.17) is 4.42 Å². The van der Waals surface area contributed by atoms with Crippen LogP contribution < -0.4 is 5.32 Å². The van der Waals surface area contributed by atoms with Gasteiger partial charge in [0.2, 0.25) is 0 Å². The van der Waals surface area contributed by atoms with E-state index in [1.54, 1.807) is 18.4 Å². The molecule has 2 aromatic rings. The summed E-state index contributed by atoms with van der Waals surface area (Å²) in [6.45, 7) is 5.89. The third-order valence-corrected chi connectivity index (χ3v) is 2.62. The Bertz CT molecular complexity index is 502.